The molecule has 0 aromatic heterocycles. The van der Waals surface area contributed by atoms with E-state index in [1.165, 1.54) is 13.2 Å². The van der Waals surface area contributed by atoms with Crippen LogP contribution in [-0.4, -0.2) is 18.8 Å². The van der Waals surface area contributed by atoms with Crippen molar-refractivity contribution in [1.82, 2.24) is 0 Å². The first-order valence-electron chi connectivity index (χ1n) is 5.05. The monoisotopic (exact) mass is 291 g/mol. The molecule has 0 bridgehead atoms. The van der Waals surface area contributed by atoms with Gasteiger partial charge in [0.1, 0.15) is 0 Å². The summed E-state index contributed by atoms with van der Waals surface area (Å²) in [6, 6.07) is 1.44. The first-order valence-corrected chi connectivity index (χ1v) is 5.85. The summed E-state index contributed by atoms with van der Waals surface area (Å²) in [6.45, 7) is 0.592. The molecular formula is C11H15BrFNO2. The maximum Gasteiger partial charge on any atom is 0.196 e. The lowest BCUT2D eigenvalue weighted by Crippen LogP contribution is -2.01. The molecule has 0 saturated carbocycles. The fourth-order valence-electron chi connectivity index (χ4n) is 1.50. The molecule has 0 fully saturated rings. The highest BCUT2D eigenvalue weighted by Crippen LogP contribution is 2.36. The number of nitrogens with two attached hydrogens (primary N) is 1. The standard InChI is InChI=1S/C11H15BrFNO2/c1-16-11-9(15)6-8(12)7(10(11)13)4-2-3-5-14/h6,15H,2-5,14H2,1H3. The third-order valence-corrected chi connectivity index (χ3v) is 3.04. The van der Waals surface area contributed by atoms with Gasteiger partial charge >= 0.3 is 0 Å². The zero-order valence-corrected chi connectivity index (χ0v) is 10.7. The van der Waals surface area contributed by atoms with Crippen LogP contribution in [0.5, 0.6) is 11.5 Å². The lowest BCUT2D eigenvalue weighted by Gasteiger charge is -2.11. The van der Waals surface area contributed by atoms with Gasteiger partial charge in [-0.15, -0.1) is 0 Å². The van der Waals surface area contributed by atoms with Crippen LogP contribution in [0.15, 0.2) is 10.5 Å². The van der Waals surface area contributed by atoms with Gasteiger partial charge in [0, 0.05) is 10.0 Å². The first kappa shape index (κ1) is 13.3. The number of aromatic hydroxyl groups is 1. The summed E-state index contributed by atoms with van der Waals surface area (Å²) in [7, 11) is 1.33. The quantitative estimate of drug-likeness (QED) is 0.820. The molecule has 1 rings (SSSR count). The Hall–Kier alpha value is -0.810. The molecule has 0 unspecified atom stereocenters. The molecule has 0 aliphatic rings. The van der Waals surface area contributed by atoms with Gasteiger partial charge in [0.2, 0.25) is 0 Å². The van der Waals surface area contributed by atoms with Gasteiger partial charge in [0.05, 0.1) is 7.11 Å². The van der Waals surface area contributed by atoms with Crippen molar-refractivity contribution < 1.29 is 14.2 Å². The minimum absolute atomic E-state index is 0.106. The van der Waals surface area contributed by atoms with E-state index in [-0.39, 0.29) is 11.5 Å². The Labute approximate surface area is 103 Å². The van der Waals surface area contributed by atoms with Crippen LogP contribution in [0, 0.1) is 5.82 Å². The lowest BCUT2D eigenvalue weighted by molar-refractivity contribution is 0.348. The molecule has 90 valence electrons. The third kappa shape index (κ3) is 2.86. The zero-order valence-electron chi connectivity index (χ0n) is 9.09. The number of phenolic OH excluding ortho intramolecular Hbond substituents is 1. The average molecular weight is 292 g/mol. The van der Waals surface area contributed by atoms with Gasteiger partial charge in [0.15, 0.2) is 17.3 Å². The fourth-order valence-corrected chi connectivity index (χ4v) is 2.09. The molecule has 0 aliphatic carbocycles. The summed E-state index contributed by atoms with van der Waals surface area (Å²) < 4.78 is 19.2. The van der Waals surface area contributed by atoms with Crippen molar-refractivity contribution in [3.05, 3.63) is 21.9 Å². The van der Waals surface area contributed by atoms with Crippen LogP contribution in [0.3, 0.4) is 0 Å². The van der Waals surface area contributed by atoms with Gasteiger partial charge in [-0.3, -0.25) is 0 Å². The van der Waals surface area contributed by atoms with E-state index in [0.29, 0.717) is 23.0 Å². The number of benzene rings is 1. The highest BCUT2D eigenvalue weighted by Gasteiger charge is 2.17. The summed E-state index contributed by atoms with van der Waals surface area (Å²) in [5.74, 6) is -0.813. The Kier molecular flexibility index (Phi) is 5.02. The number of unbranched alkanes of at least 4 members (excludes halogenated alkanes) is 1. The lowest BCUT2D eigenvalue weighted by atomic mass is 10.1. The molecule has 0 radical (unpaired) electrons. The molecule has 5 heteroatoms. The van der Waals surface area contributed by atoms with E-state index in [0.717, 1.165) is 12.8 Å². The molecule has 0 atom stereocenters. The SMILES string of the molecule is COc1c(O)cc(Br)c(CCCCN)c1F. The number of methoxy groups -OCH3 is 1. The largest absolute Gasteiger partial charge is 0.504 e. The molecule has 0 saturated heterocycles. The van der Waals surface area contributed by atoms with Gasteiger partial charge in [0.25, 0.3) is 0 Å². The van der Waals surface area contributed by atoms with Gasteiger partial charge in [-0.2, -0.15) is 0 Å². The van der Waals surface area contributed by atoms with Crippen LogP contribution < -0.4 is 10.5 Å². The topological polar surface area (TPSA) is 55.5 Å². The van der Waals surface area contributed by atoms with Crippen LogP contribution >= 0.6 is 15.9 Å². The first-order chi connectivity index (χ1) is 7.61. The molecule has 0 spiro atoms. The predicted octanol–water partition coefficient (Wildman–Crippen LogP) is 2.58. The smallest absolute Gasteiger partial charge is 0.196 e. The summed E-state index contributed by atoms with van der Waals surface area (Å²) in [4.78, 5) is 0. The van der Waals surface area contributed by atoms with Crippen LogP contribution in [-0.2, 0) is 6.42 Å². The number of hydrogen-bond donors (Lipinski definition) is 2. The van der Waals surface area contributed by atoms with Crippen LogP contribution in [0.4, 0.5) is 4.39 Å². The van der Waals surface area contributed by atoms with E-state index >= 15 is 0 Å². The summed E-state index contributed by atoms with van der Waals surface area (Å²) in [6.07, 6.45) is 2.22. The summed E-state index contributed by atoms with van der Waals surface area (Å²) in [5.41, 5.74) is 5.90. The molecule has 3 nitrogen and oxygen atoms in total. The van der Waals surface area contributed by atoms with Crippen molar-refractivity contribution in [2.75, 3.05) is 13.7 Å². The van der Waals surface area contributed by atoms with Gasteiger partial charge < -0.3 is 15.6 Å². The molecule has 0 amide bonds. The Bertz CT molecular complexity index is 371. The number of halogens is 2. The van der Waals surface area contributed by atoms with E-state index in [1.807, 2.05) is 0 Å². The van der Waals surface area contributed by atoms with E-state index in [1.54, 1.807) is 0 Å². The van der Waals surface area contributed by atoms with E-state index in [9.17, 15) is 9.50 Å². The third-order valence-electron chi connectivity index (χ3n) is 2.33. The molecule has 0 heterocycles. The average Bonchev–Trinajstić information content (AvgIpc) is 2.23. The highest BCUT2D eigenvalue weighted by molar-refractivity contribution is 9.10. The fraction of sp³-hybridized carbons (Fsp3) is 0.455. The maximum atomic E-state index is 13.9. The normalized spacial score (nSPS) is 10.5. The minimum atomic E-state index is -0.508. The minimum Gasteiger partial charge on any atom is -0.504 e. The van der Waals surface area contributed by atoms with Crippen LogP contribution in [0.25, 0.3) is 0 Å². The second kappa shape index (κ2) is 6.06. The summed E-state index contributed by atoms with van der Waals surface area (Å²) >= 11 is 3.23. The van der Waals surface area contributed by atoms with Crippen molar-refractivity contribution in [3.8, 4) is 11.5 Å². The van der Waals surface area contributed by atoms with Crippen molar-refractivity contribution in [1.29, 1.82) is 0 Å². The molecule has 0 aliphatic heterocycles. The van der Waals surface area contributed by atoms with Crippen molar-refractivity contribution >= 4 is 15.9 Å². The maximum absolute atomic E-state index is 13.9. The van der Waals surface area contributed by atoms with Crippen molar-refractivity contribution in [2.45, 2.75) is 19.3 Å². The molecule has 3 N–H and O–H groups in total. The Morgan fingerprint density at radius 3 is 2.75 bits per heavy atom. The summed E-state index contributed by atoms with van der Waals surface area (Å²) in [5, 5.41) is 9.45. The Balaban J connectivity index is 2.98. The molecular weight excluding hydrogens is 277 g/mol. The zero-order chi connectivity index (χ0) is 12.1. The molecule has 1 aromatic carbocycles. The number of phenols is 1. The van der Waals surface area contributed by atoms with Crippen LogP contribution in [0.2, 0.25) is 0 Å². The Morgan fingerprint density at radius 2 is 2.19 bits per heavy atom. The molecule has 16 heavy (non-hydrogen) atoms. The van der Waals surface area contributed by atoms with E-state index in [4.69, 9.17) is 10.5 Å². The van der Waals surface area contributed by atoms with Crippen molar-refractivity contribution in [3.63, 3.8) is 0 Å². The predicted molar refractivity (Wildman–Crippen MR) is 64.3 cm³/mol. The van der Waals surface area contributed by atoms with Gasteiger partial charge in [-0.05, 0) is 31.9 Å². The second-order valence-corrected chi connectivity index (χ2v) is 4.30. The van der Waals surface area contributed by atoms with Crippen molar-refractivity contribution in [2.24, 2.45) is 5.73 Å². The number of rotatable bonds is 5. The number of hydrogen-bond acceptors (Lipinski definition) is 3. The van der Waals surface area contributed by atoms with Crippen LogP contribution in [0.1, 0.15) is 18.4 Å². The van der Waals surface area contributed by atoms with E-state index < -0.39 is 5.82 Å². The molecule has 1 aromatic rings. The van der Waals surface area contributed by atoms with Gasteiger partial charge in [-0.25, -0.2) is 4.39 Å². The highest BCUT2D eigenvalue weighted by atomic mass is 79.9. The number of ether oxygens (including phenoxy) is 1. The van der Waals surface area contributed by atoms with E-state index in [2.05, 4.69) is 15.9 Å². The van der Waals surface area contributed by atoms with Gasteiger partial charge in [-0.1, -0.05) is 15.9 Å². The second-order valence-electron chi connectivity index (χ2n) is 3.45. The Morgan fingerprint density at radius 1 is 1.50 bits per heavy atom.